The number of rotatable bonds is 3. The SMILES string of the molecule is CC(N)C1CCCN(c2ccnc(C(=O)N(C)C)c2)C1. The number of aromatic nitrogens is 1. The summed E-state index contributed by atoms with van der Waals surface area (Å²) in [5, 5.41) is 0. The minimum Gasteiger partial charge on any atom is -0.371 e. The number of carbonyl (C=O) groups excluding carboxylic acids is 1. The number of hydrogen-bond donors (Lipinski definition) is 1. The van der Waals surface area contributed by atoms with E-state index in [0.29, 0.717) is 11.6 Å². The van der Waals surface area contributed by atoms with Crippen LogP contribution < -0.4 is 10.6 Å². The van der Waals surface area contributed by atoms with Gasteiger partial charge in [0.25, 0.3) is 5.91 Å². The molecule has 5 nitrogen and oxygen atoms in total. The Bertz CT molecular complexity index is 473. The summed E-state index contributed by atoms with van der Waals surface area (Å²) in [5.74, 6) is 0.456. The molecule has 2 rings (SSSR count). The summed E-state index contributed by atoms with van der Waals surface area (Å²) in [7, 11) is 3.48. The van der Waals surface area contributed by atoms with Gasteiger partial charge in [0.2, 0.25) is 0 Å². The second-order valence-electron chi connectivity index (χ2n) is 5.81. The number of anilines is 1. The molecule has 1 saturated heterocycles. The van der Waals surface area contributed by atoms with Crippen molar-refractivity contribution in [3.8, 4) is 0 Å². The summed E-state index contributed by atoms with van der Waals surface area (Å²) in [5.41, 5.74) is 7.59. The number of carbonyl (C=O) groups is 1. The topological polar surface area (TPSA) is 62.5 Å². The zero-order chi connectivity index (χ0) is 14.7. The van der Waals surface area contributed by atoms with Crippen molar-refractivity contribution in [3.63, 3.8) is 0 Å². The van der Waals surface area contributed by atoms with E-state index in [-0.39, 0.29) is 11.9 Å². The molecule has 1 aromatic rings. The fourth-order valence-electron chi connectivity index (χ4n) is 2.64. The molecule has 0 aromatic carbocycles. The van der Waals surface area contributed by atoms with Crippen molar-refractivity contribution in [1.82, 2.24) is 9.88 Å². The van der Waals surface area contributed by atoms with Gasteiger partial charge in [0, 0.05) is 45.1 Å². The highest BCUT2D eigenvalue weighted by molar-refractivity contribution is 5.92. The number of hydrogen-bond acceptors (Lipinski definition) is 4. The van der Waals surface area contributed by atoms with Crippen molar-refractivity contribution >= 4 is 11.6 Å². The molecule has 0 radical (unpaired) electrons. The molecule has 0 aliphatic carbocycles. The summed E-state index contributed by atoms with van der Waals surface area (Å²) < 4.78 is 0. The Kier molecular flexibility index (Phi) is 4.60. The van der Waals surface area contributed by atoms with Crippen molar-refractivity contribution < 1.29 is 4.79 Å². The molecule has 0 bridgehead atoms. The Balaban J connectivity index is 2.16. The Labute approximate surface area is 120 Å². The third-order valence-corrected chi connectivity index (χ3v) is 3.94. The smallest absolute Gasteiger partial charge is 0.272 e. The van der Waals surface area contributed by atoms with Crippen LogP contribution in [0.5, 0.6) is 0 Å². The van der Waals surface area contributed by atoms with Crippen LogP contribution in [0.4, 0.5) is 5.69 Å². The molecule has 1 fully saturated rings. The van der Waals surface area contributed by atoms with E-state index in [4.69, 9.17) is 5.73 Å². The van der Waals surface area contributed by atoms with E-state index in [1.165, 1.54) is 6.42 Å². The first-order valence-corrected chi connectivity index (χ1v) is 7.17. The Morgan fingerprint density at radius 2 is 2.30 bits per heavy atom. The van der Waals surface area contributed by atoms with Crippen molar-refractivity contribution in [2.24, 2.45) is 11.7 Å². The van der Waals surface area contributed by atoms with E-state index < -0.39 is 0 Å². The lowest BCUT2D eigenvalue weighted by Gasteiger charge is -2.36. The Hall–Kier alpha value is -1.62. The average Bonchev–Trinajstić information content (AvgIpc) is 2.46. The molecule has 1 aliphatic rings. The number of amides is 1. The van der Waals surface area contributed by atoms with E-state index >= 15 is 0 Å². The maximum absolute atomic E-state index is 12.0. The van der Waals surface area contributed by atoms with Gasteiger partial charge in [0.1, 0.15) is 5.69 Å². The summed E-state index contributed by atoms with van der Waals surface area (Å²) in [6.45, 7) is 4.04. The van der Waals surface area contributed by atoms with E-state index in [1.54, 1.807) is 25.2 Å². The normalized spacial score (nSPS) is 20.6. The van der Waals surface area contributed by atoms with E-state index in [0.717, 1.165) is 25.2 Å². The molecule has 2 atom stereocenters. The van der Waals surface area contributed by atoms with Crippen LogP contribution in [0.1, 0.15) is 30.3 Å². The number of pyridine rings is 1. The molecule has 2 heterocycles. The van der Waals surface area contributed by atoms with Gasteiger partial charge < -0.3 is 15.5 Å². The quantitative estimate of drug-likeness (QED) is 0.905. The standard InChI is InChI=1S/C15H24N4O/c1-11(16)12-5-4-8-19(10-12)13-6-7-17-14(9-13)15(20)18(2)3/h6-7,9,11-12H,4-5,8,10,16H2,1-3H3. The summed E-state index contributed by atoms with van der Waals surface area (Å²) >= 11 is 0. The largest absolute Gasteiger partial charge is 0.371 e. The van der Waals surface area contributed by atoms with Gasteiger partial charge in [-0.3, -0.25) is 9.78 Å². The lowest BCUT2D eigenvalue weighted by atomic mass is 9.92. The van der Waals surface area contributed by atoms with Crippen LogP contribution in [0, 0.1) is 5.92 Å². The lowest BCUT2D eigenvalue weighted by molar-refractivity contribution is 0.0822. The first-order chi connectivity index (χ1) is 9.49. The van der Waals surface area contributed by atoms with Crippen LogP contribution in [0.25, 0.3) is 0 Å². The molecule has 110 valence electrons. The van der Waals surface area contributed by atoms with Gasteiger partial charge >= 0.3 is 0 Å². The molecule has 5 heteroatoms. The van der Waals surface area contributed by atoms with Crippen molar-refractivity contribution in [2.45, 2.75) is 25.8 Å². The minimum atomic E-state index is -0.0624. The summed E-state index contributed by atoms with van der Waals surface area (Å²) in [6, 6.07) is 4.06. The van der Waals surface area contributed by atoms with Crippen molar-refractivity contribution in [3.05, 3.63) is 24.0 Å². The second-order valence-corrected chi connectivity index (χ2v) is 5.81. The lowest BCUT2D eigenvalue weighted by Crippen LogP contribution is -2.42. The monoisotopic (exact) mass is 276 g/mol. The summed E-state index contributed by atoms with van der Waals surface area (Å²) in [4.78, 5) is 20.0. The third kappa shape index (κ3) is 3.28. The molecule has 2 N–H and O–H groups in total. The molecule has 1 aromatic heterocycles. The van der Waals surface area contributed by atoms with Crippen molar-refractivity contribution in [2.75, 3.05) is 32.1 Å². The first kappa shape index (κ1) is 14.8. The number of piperidine rings is 1. The predicted octanol–water partition coefficient (Wildman–Crippen LogP) is 1.35. The van der Waals surface area contributed by atoms with Gasteiger partial charge in [-0.05, 0) is 37.8 Å². The zero-order valence-corrected chi connectivity index (χ0v) is 12.5. The molecule has 0 saturated carbocycles. The van der Waals surface area contributed by atoms with Crippen LogP contribution >= 0.6 is 0 Å². The van der Waals surface area contributed by atoms with E-state index in [1.807, 2.05) is 12.1 Å². The molecular weight excluding hydrogens is 252 g/mol. The van der Waals surface area contributed by atoms with Crippen LogP contribution in [-0.4, -0.2) is 49.0 Å². The van der Waals surface area contributed by atoms with Gasteiger partial charge in [-0.25, -0.2) is 0 Å². The van der Waals surface area contributed by atoms with Gasteiger partial charge in [0.05, 0.1) is 0 Å². The van der Waals surface area contributed by atoms with Gasteiger partial charge in [0.15, 0.2) is 0 Å². The highest BCUT2D eigenvalue weighted by Gasteiger charge is 2.23. The van der Waals surface area contributed by atoms with E-state index in [2.05, 4.69) is 16.8 Å². The molecule has 0 spiro atoms. The molecule has 2 unspecified atom stereocenters. The van der Waals surface area contributed by atoms with Gasteiger partial charge in [-0.2, -0.15) is 0 Å². The maximum Gasteiger partial charge on any atom is 0.272 e. The summed E-state index contributed by atoms with van der Waals surface area (Å²) in [6.07, 6.45) is 4.04. The van der Waals surface area contributed by atoms with Crippen LogP contribution in [0.2, 0.25) is 0 Å². The number of nitrogens with two attached hydrogens (primary N) is 1. The second kappa shape index (κ2) is 6.22. The molecule has 20 heavy (non-hydrogen) atoms. The van der Waals surface area contributed by atoms with Crippen molar-refractivity contribution in [1.29, 1.82) is 0 Å². The fourth-order valence-corrected chi connectivity index (χ4v) is 2.64. The average molecular weight is 276 g/mol. The molecular formula is C15H24N4O. The first-order valence-electron chi connectivity index (χ1n) is 7.17. The predicted molar refractivity (Wildman–Crippen MR) is 80.8 cm³/mol. The highest BCUT2D eigenvalue weighted by Crippen LogP contribution is 2.24. The minimum absolute atomic E-state index is 0.0624. The van der Waals surface area contributed by atoms with Gasteiger partial charge in [-0.15, -0.1) is 0 Å². The Morgan fingerprint density at radius 3 is 2.95 bits per heavy atom. The van der Waals surface area contributed by atoms with Crippen LogP contribution in [0.15, 0.2) is 18.3 Å². The zero-order valence-electron chi connectivity index (χ0n) is 12.5. The van der Waals surface area contributed by atoms with Gasteiger partial charge in [-0.1, -0.05) is 0 Å². The highest BCUT2D eigenvalue weighted by atomic mass is 16.2. The number of nitrogens with zero attached hydrogens (tertiary/aromatic N) is 3. The molecule has 1 amide bonds. The fraction of sp³-hybridized carbons (Fsp3) is 0.600. The molecule has 1 aliphatic heterocycles. The third-order valence-electron chi connectivity index (χ3n) is 3.94. The van der Waals surface area contributed by atoms with E-state index in [9.17, 15) is 4.79 Å². The maximum atomic E-state index is 12.0. The van der Waals surface area contributed by atoms with Crippen LogP contribution in [0.3, 0.4) is 0 Å². The Morgan fingerprint density at radius 1 is 1.55 bits per heavy atom. The van der Waals surface area contributed by atoms with Crippen LogP contribution in [-0.2, 0) is 0 Å².